The summed E-state index contributed by atoms with van der Waals surface area (Å²) in [6.07, 6.45) is 2.56. The molecule has 5 nitrogen and oxygen atoms in total. The minimum atomic E-state index is -0.618. The number of carbonyl (C=O) groups excluding carboxylic acids is 2. The molecule has 0 radical (unpaired) electrons. The molecule has 0 bridgehead atoms. The molecule has 0 saturated heterocycles. The van der Waals surface area contributed by atoms with Crippen LogP contribution in [-0.4, -0.2) is 23.5 Å². The van der Waals surface area contributed by atoms with Crippen molar-refractivity contribution in [3.8, 4) is 0 Å². The van der Waals surface area contributed by atoms with E-state index in [-0.39, 0.29) is 18.2 Å². The number of esters is 1. The fraction of sp³-hybridized carbons (Fsp3) is 0.278. The van der Waals surface area contributed by atoms with Crippen LogP contribution in [-0.2, 0) is 9.53 Å². The largest absolute Gasteiger partial charge is 0.451 e. The van der Waals surface area contributed by atoms with Crippen molar-refractivity contribution in [2.45, 2.75) is 26.2 Å². The molecule has 5 heteroatoms. The average Bonchev–Trinajstić information content (AvgIpc) is 2.60. The lowest BCUT2D eigenvalue weighted by atomic mass is 9.99. The first-order valence-electron chi connectivity index (χ1n) is 7.58. The third kappa shape index (κ3) is 4.92. The first-order valence-corrected chi connectivity index (χ1v) is 7.58. The molecule has 2 rings (SSSR count). The summed E-state index contributed by atoms with van der Waals surface area (Å²) in [5.41, 5.74) is 2.08. The van der Waals surface area contributed by atoms with Crippen LogP contribution >= 0.6 is 0 Å². The van der Waals surface area contributed by atoms with E-state index in [0.717, 1.165) is 6.42 Å². The van der Waals surface area contributed by atoms with Crippen molar-refractivity contribution in [2.24, 2.45) is 0 Å². The molecule has 0 aliphatic carbocycles. The third-order valence-corrected chi connectivity index (χ3v) is 3.58. The highest BCUT2D eigenvalue weighted by Gasteiger charge is 2.11. The van der Waals surface area contributed by atoms with Crippen molar-refractivity contribution in [3.63, 3.8) is 0 Å². The molecule has 1 aromatic carbocycles. The van der Waals surface area contributed by atoms with E-state index in [1.807, 2.05) is 24.3 Å². The molecule has 0 saturated carbocycles. The van der Waals surface area contributed by atoms with Gasteiger partial charge in [0.25, 0.3) is 5.91 Å². The molecule has 0 spiro atoms. The maximum Gasteiger partial charge on any atom is 0.357 e. The van der Waals surface area contributed by atoms with Crippen molar-refractivity contribution < 1.29 is 14.3 Å². The summed E-state index contributed by atoms with van der Waals surface area (Å²) in [7, 11) is 0. The topological polar surface area (TPSA) is 68.3 Å². The highest BCUT2D eigenvalue weighted by Crippen LogP contribution is 2.20. The molecule has 2 aromatic rings. The molecule has 1 heterocycles. The third-order valence-electron chi connectivity index (χ3n) is 3.58. The highest BCUT2D eigenvalue weighted by atomic mass is 16.5. The van der Waals surface area contributed by atoms with Gasteiger partial charge in [-0.25, -0.2) is 9.78 Å². The molecule has 120 valence electrons. The number of rotatable bonds is 6. The van der Waals surface area contributed by atoms with Gasteiger partial charge in [-0.15, -0.1) is 0 Å². The number of amides is 1. The van der Waals surface area contributed by atoms with E-state index >= 15 is 0 Å². The maximum absolute atomic E-state index is 11.8. The van der Waals surface area contributed by atoms with Gasteiger partial charge in [0.15, 0.2) is 6.61 Å². The SMILES string of the molecule is CC[C@@H](C)c1ccc(NC(=O)COC(=O)c2ccccn2)cc1. The molecule has 0 aliphatic heterocycles. The number of ether oxygens (including phenoxy) is 1. The first kappa shape index (κ1) is 16.7. The molecule has 23 heavy (non-hydrogen) atoms. The minimum absolute atomic E-state index is 0.179. The molecule has 0 aliphatic rings. The number of hydrogen-bond donors (Lipinski definition) is 1. The Morgan fingerprint density at radius 1 is 1.17 bits per heavy atom. The zero-order valence-corrected chi connectivity index (χ0v) is 13.3. The van der Waals surface area contributed by atoms with Gasteiger partial charge in [-0.3, -0.25) is 4.79 Å². The second kappa shape index (κ2) is 8.08. The second-order valence-electron chi connectivity index (χ2n) is 5.27. The highest BCUT2D eigenvalue weighted by molar-refractivity contribution is 5.94. The monoisotopic (exact) mass is 312 g/mol. The van der Waals surface area contributed by atoms with Crippen LogP contribution in [0.25, 0.3) is 0 Å². The predicted octanol–water partition coefficient (Wildman–Crippen LogP) is 3.39. The lowest BCUT2D eigenvalue weighted by Gasteiger charge is -2.10. The van der Waals surface area contributed by atoms with E-state index < -0.39 is 5.97 Å². The van der Waals surface area contributed by atoms with Crippen LogP contribution in [0.5, 0.6) is 0 Å². The number of pyridine rings is 1. The summed E-state index contributed by atoms with van der Waals surface area (Å²) in [4.78, 5) is 27.4. The van der Waals surface area contributed by atoms with Gasteiger partial charge in [0.1, 0.15) is 5.69 Å². The zero-order chi connectivity index (χ0) is 16.7. The smallest absolute Gasteiger partial charge is 0.357 e. The average molecular weight is 312 g/mol. The lowest BCUT2D eigenvalue weighted by Crippen LogP contribution is -2.21. The quantitative estimate of drug-likeness (QED) is 0.830. The Morgan fingerprint density at radius 3 is 2.52 bits per heavy atom. The van der Waals surface area contributed by atoms with Gasteiger partial charge in [-0.05, 0) is 42.2 Å². The van der Waals surface area contributed by atoms with Gasteiger partial charge >= 0.3 is 5.97 Å². The number of benzene rings is 1. The normalized spacial score (nSPS) is 11.6. The summed E-state index contributed by atoms with van der Waals surface area (Å²) < 4.78 is 4.93. The van der Waals surface area contributed by atoms with Crippen LogP contribution in [0.3, 0.4) is 0 Å². The van der Waals surface area contributed by atoms with Gasteiger partial charge in [0.05, 0.1) is 0 Å². The summed E-state index contributed by atoms with van der Waals surface area (Å²) in [5, 5.41) is 2.70. The fourth-order valence-electron chi connectivity index (χ4n) is 2.02. The van der Waals surface area contributed by atoms with E-state index in [9.17, 15) is 9.59 Å². The Kier molecular flexibility index (Phi) is 5.86. The molecule has 0 unspecified atom stereocenters. The molecule has 1 atom stereocenters. The van der Waals surface area contributed by atoms with Crippen molar-refractivity contribution in [1.82, 2.24) is 4.98 Å². The van der Waals surface area contributed by atoms with Gasteiger partial charge in [0, 0.05) is 11.9 Å². The maximum atomic E-state index is 11.8. The second-order valence-corrected chi connectivity index (χ2v) is 5.27. The zero-order valence-electron chi connectivity index (χ0n) is 13.3. The van der Waals surface area contributed by atoms with Crippen LogP contribution in [0.2, 0.25) is 0 Å². The van der Waals surface area contributed by atoms with Crippen LogP contribution < -0.4 is 5.32 Å². The van der Waals surface area contributed by atoms with E-state index in [4.69, 9.17) is 4.74 Å². The molecular formula is C18H20N2O3. The Balaban J connectivity index is 1.84. The number of nitrogens with one attached hydrogen (secondary N) is 1. The minimum Gasteiger partial charge on any atom is -0.451 e. The first-order chi connectivity index (χ1) is 11.1. The summed E-state index contributed by atoms with van der Waals surface area (Å²) in [6, 6.07) is 12.6. The number of hydrogen-bond acceptors (Lipinski definition) is 4. The van der Waals surface area contributed by atoms with Crippen LogP contribution in [0, 0.1) is 0 Å². The molecule has 1 amide bonds. The molecule has 1 N–H and O–H groups in total. The van der Waals surface area contributed by atoms with Gasteiger partial charge in [-0.1, -0.05) is 32.0 Å². The number of aromatic nitrogens is 1. The fourth-order valence-corrected chi connectivity index (χ4v) is 2.02. The Morgan fingerprint density at radius 2 is 1.91 bits per heavy atom. The van der Waals surface area contributed by atoms with Gasteiger partial charge < -0.3 is 10.1 Å². The van der Waals surface area contributed by atoms with E-state index in [0.29, 0.717) is 11.6 Å². The summed E-state index contributed by atoms with van der Waals surface area (Å²) >= 11 is 0. The lowest BCUT2D eigenvalue weighted by molar-refractivity contribution is -0.119. The van der Waals surface area contributed by atoms with Crippen LogP contribution in [0.15, 0.2) is 48.7 Å². The van der Waals surface area contributed by atoms with Gasteiger partial charge in [-0.2, -0.15) is 0 Å². The van der Waals surface area contributed by atoms with E-state index in [1.165, 1.54) is 17.8 Å². The number of nitrogens with zero attached hydrogens (tertiary/aromatic N) is 1. The van der Waals surface area contributed by atoms with Crippen molar-refractivity contribution >= 4 is 17.6 Å². The molecule has 1 aromatic heterocycles. The Labute approximate surface area is 135 Å². The Bertz CT molecular complexity index is 654. The van der Waals surface area contributed by atoms with Crippen molar-refractivity contribution in [1.29, 1.82) is 0 Å². The van der Waals surface area contributed by atoms with Crippen LogP contribution in [0.4, 0.5) is 5.69 Å². The standard InChI is InChI=1S/C18H20N2O3/c1-3-13(2)14-7-9-15(10-8-14)20-17(21)12-23-18(22)16-6-4-5-11-19-16/h4-11,13H,3,12H2,1-2H3,(H,20,21)/t13-/m1/s1. The Hall–Kier alpha value is -2.69. The molecule has 0 fully saturated rings. The summed E-state index contributed by atoms with van der Waals surface area (Å²) in [5.74, 6) is -0.516. The predicted molar refractivity (Wildman–Crippen MR) is 88.3 cm³/mol. The van der Waals surface area contributed by atoms with Crippen molar-refractivity contribution in [3.05, 3.63) is 59.9 Å². The van der Waals surface area contributed by atoms with Crippen molar-refractivity contribution in [2.75, 3.05) is 11.9 Å². The summed E-state index contributed by atoms with van der Waals surface area (Å²) in [6.45, 7) is 3.95. The van der Waals surface area contributed by atoms with E-state index in [2.05, 4.69) is 24.1 Å². The number of anilines is 1. The van der Waals surface area contributed by atoms with Crippen LogP contribution in [0.1, 0.15) is 42.2 Å². The van der Waals surface area contributed by atoms with E-state index in [1.54, 1.807) is 12.1 Å². The molecular weight excluding hydrogens is 292 g/mol. The number of carbonyl (C=O) groups is 2. The van der Waals surface area contributed by atoms with Gasteiger partial charge in [0.2, 0.25) is 0 Å².